The van der Waals surface area contributed by atoms with Crippen molar-refractivity contribution in [2.75, 3.05) is 12.3 Å². The highest BCUT2D eigenvalue weighted by molar-refractivity contribution is 7.99. The number of nitrogen functional groups attached to an aromatic ring is 1. The molecule has 0 aliphatic heterocycles. The number of carbonyl (C=O) groups excluding carboxylic acids is 1. The fraction of sp³-hybridized carbons (Fsp3) is 0.125. The Morgan fingerprint density at radius 1 is 1.24 bits per heavy atom. The van der Waals surface area contributed by atoms with Gasteiger partial charge in [0.1, 0.15) is 6.07 Å². The molecule has 0 bridgehead atoms. The molecule has 2 aromatic rings. The Labute approximate surface area is 127 Å². The van der Waals surface area contributed by atoms with E-state index < -0.39 is 5.97 Å². The predicted molar refractivity (Wildman–Crippen MR) is 82.1 cm³/mol. The summed E-state index contributed by atoms with van der Waals surface area (Å²) in [4.78, 5) is 13.7. The molecule has 0 amide bonds. The minimum Gasteiger partial charge on any atom is -0.462 e. The fourth-order valence-corrected chi connectivity index (χ4v) is 2.59. The van der Waals surface area contributed by atoms with Gasteiger partial charge >= 0.3 is 5.97 Å². The maximum atomic E-state index is 11.9. The number of ether oxygens (including phenoxy) is 1. The van der Waals surface area contributed by atoms with Crippen LogP contribution in [0.2, 0.25) is 0 Å². The number of nitrogens with zero attached hydrogens (tertiary/aromatic N) is 1. The van der Waals surface area contributed by atoms with Crippen LogP contribution in [-0.4, -0.2) is 12.6 Å². The number of hydrogen-bond acceptors (Lipinski definition) is 5. The molecule has 2 aromatic carbocycles. The number of hydrogen-bond donors (Lipinski definition) is 1. The molecule has 0 radical (unpaired) electrons. The van der Waals surface area contributed by atoms with E-state index in [1.165, 1.54) is 11.8 Å². The van der Waals surface area contributed by atoms with E-state index in [4.69, 9.17) is 15.7 Å². The third kappa shape index (κ3) is 3.77. The number of esters is 1. The van der Waals surface area contributed by atoms with Gasteiger partial charge in [-0.15, -0.1) is 0 Å². The molecule has 0 saturated heterocycles. The van der Waals surface area contributed by atoms with Crippen LogP contribution in [0.3, 0.4) is 0 Å². The summed E-state index contributed by atoms with van der Waals surface area (Å²) in [7, 11) is 0. The first-order valence-corrected chi connectivity index (χ1v) is 7.20. The Hall–Kier alpha value is -2.45. The van der Waals surface area contributed by atoms with E-state index in [0.29, 0.717) is 16.8 Å². The van der Waals surface area contributed by atoms with Crippen LogP contribution >= 0.6 is 11.8 Å². The van der Waals surface area contributed by atoms with Gasteiger partial charge in [0.25, 0.3) is 0 Å². The molecule has 4 nitrogen and oxygen atoms in total. The molecule has 5 heteroatoms. The summed E-state index contributed by atoms with van der Waals surface area (Å²) in [6.45, 7) is 2.01. The van der Waals surface area contributed by atoms with Crippen LogP contribution in [0.25, 0.3) is 0 Å². The molecule has 0 atom stereocenters. The quantitative estimate of drug-likeness (QED) is 0.691. The molecular weight excluding hydrogens is 284 g/mol. The molecular formula is C16H14N2O2S. The number of nitriles is 1. The summed E-state index contributed by atoms with van der Waals surface area (Å²) in [6.07, 6.45) is 0. The van der Waals surface area contributed by atoms with Gasteiger partial charge in [-0.25, -0.2) is 4.79 Å². The molecule has 0 heterocycles. The molecule has 0 aliphatic carbocycles. The third-order valence-electron chi connectivity index (χ3n) is 2.72. The highest BCUT2D eigenvalue weighted by Crippen LogP contribution is 2.29. The van der Waals surface area contributed by atoms with E-state index in [-0.39, 0.29) is 6.61 Å². The summed E-state index contributed by atoms with van der Waals surface area (Å²) < 4.78 is 4.98. The number of nitrogens with two attached hydrogens (primary N) is 1. The van der Waals surface area contributed by atoms with Crippen LogP contribution in [0.15, 0.2) is 52.3 Å². The Bertz CT molecular complexity index is 690. The Balaban J connectivity index is 2.29. The Kier molecular flexibility index (Phi) is 4.85. The van der Waals surface area contributed by atoms with E-state index >= 15 is 0 Å². The van der Waals surface area contributed by atoms with Gasteiger partial charge in [0.05, 0.1) is 17.7 Å². The van der Waals surface area contributed by atoms with Crippen LogP contribution < -0.4 is 5.73 Å². The molecule has 0 saturated carbocycles. The van der Waals surface area contributed by atoms with E-state index in [1.54, 1.807) is 19.1 Å². The summed E-state index contributed by atoms with van der Waals surface area (Å²) in [5.41, 5.74) is 6.96. The minimum atomic E-state index is -0.478. The van der Waals surface area contributed by atoms with E-state index in [1.807, 2.05) is 36.4 Å². The van der Waals surface area contributed by atoms with Crippen LogP contribution in [0, 0.1) is 11.3 Å². The second kappa shape index (κ2) is 6.82. The van der Waals surface area contributed by atoms with Crippen molar-refractivity contribution in [3.05, 3.63) is 53.6 Å². The van der Waals surface area contributed by atoms with Crippen molar-refractivity contribution in [2.24, 2.45) is 0 Å². The average molecular weight is 298 g/mol. The first-order valence-electron chi connectivity index (χ1n) is 6.38. The molecule has 2 N–H and O–H groups in total. The van der Waals surface area contributed by atoms with Crippen LogP contribution in [-0.2, 0) is 4.74 Å². The summed E-state index contributed by atoms with van der Waals surface area (Å²) in [5, 5.41) is 9.07. The zero-order valence-corrected chi connectivity index (χ0v) is 12.3. The molecule has 0 spiro atoms. The van der Waals surface area contributed by atoms with Gasteiger partial charge in [0.2, 0.25) is 0 Å². The fourth-order valence-electron chi connectivity index (χ4n) is 1.73. The number of anilines is 1. The predicted octanol–water partition coefficient (Wildman–Crippen LogP) is 3.47. The molecule has 106 valence electrons. The number of rotatable bonds is 4. The van der Waals surface area contributed by atoms with Crippen molar-refractivity contribution in [1.82, 2.24) is 0 Å². The second-order valence-corrected chi connectivity index (χ2v) is 5.36. The lowest BCUT2D eigenvalue weighted by molar-refractivity contribution is 0.0525. The number of benzene rings is 2. The molecule has 0 aliphatic rings. The van der Waals surface area contributed by atoms with E-state index in [9.17, 15) is 4.79 Å². The Morgan fingerprint density at radius 3 is 2.52 bits per heavy atom. The topological polar surface area (TPSA) is 76.1 Å². The van der Waals surface area contributed by atoms with Crippen molar-refractivity contribution in [2.45, 2.75) is 16.7 Å². The number of carbonyl (C=O) groups is 1. The standard InChI is InChI=1S/C16H14N2O2S/c1-2-20-16(19)15-9-14(6-3-11(15)10-17)21-13-7-4-12(18)5-8-13/h3-9H,2,18H2,1H3. The van der Waals surface area contributed by atoms with Gasteiger partial charge in [-0.1, -0.05) is 11.8 Å². The van der Waals surface area contributed by atoms with E-state index in [0.717, 1.165) is 9.79 Å². The molecule has 2 rings (SSSR count). The second-order valence-electron chi connectivity index (χ2n) is 4.21. The lowest BCUT2D eigenvalue weighted by atomic mass is 10.1. The van der Waals surface area contributed by atoms with Gasteiger partial charge in [-0.05, 0) is 49.4 Å². The zero-order chi connectivity index (χ0) is 15.2. The van der Waals surface area contributed by atoms with Gasteiger partial charge in [-0.2, -0.15) is 5.26 Å². The van der Waals surface area contributed by atoms with Gasteiger partial charge in [0, 0.05) is 15.5 Å². The van der Waals surface area contributed by atoms with Crippen LogP contribution in [0.1, 0.15) is 22.8 Å². The van der Waals surface area contributed by atoms with Gasteiger partial charge < -0.3 is 10.5 Å². The van der Waals surface area contributed by atoms with Crippen molar-refractivity contribution < 1.29 is 9.53 Å². The molecule has 0 fully saturated rings. The molecule has 0 unspecified atom stereocenters. The Morgan fingerprint density at radius 2 is 1.90 bits per heavy atom. The maximum absolute atomic E-state index is 11.9. The van der Waals surface area contributed by atoms with Crippen LogP contribution in [0.4, 0.5) is 5.69 Å². The summed E-state index contributed by atoms with van der Waals surface area (Å²) in [6, 6.07) is 14.6. The third-order valence-corrected chi connectivity index (χ3v) is 3.72. The highest BCUT2D eigenvalue weighted by atomic mass is 32.2. The van der Waals surface area contributed by atoms with Crippen molar-refractivity contribution >= 4 is 23.4 Å². The lowest BCUT2D eigenvalue weighted by Gasteiger charge is -2.07. The lowest BCUT2D eigenvalue weighted by Crippen LogP contribution is -2.07. The first-order chi connectivity index (χ1) is 10.1. The normalized spacial score (nSPS) is 9.90. The zero-order valence-electron chi connectivity index (χ0n) is 11.5. The van der Waals surface area contributed by atoms with Crippen molar-refractivity contribution in [1.29, 1.82) is 5.26 Å². The van der Waals surface area contributed by atoms with Crippen LogP contribution in [0.5, 0.6) is 0 Å². The summed E-state index contributed by atoms with van der Waals surface area (Å²) >= 11 is 1.49. The van der Waals surface area contributed by atoms with Gasteiger partial charge in [0.15, 0.2) is 0 Å². The SMILES string of the molecule is CCOC(=O)c1cc(Sc2ccc(N)cc2)ccc1C#N. The average Bonchev–Trinajstić information content (AvgIpc) is 2.50. The molecule has 21 heavy (non-hydrogen) atoms. The van der Waals surface area contributed by atoms with Crippen molar-refractivity contribution in [3.8, 4) is 6.07 Å². The largest absolute Gasteiger partial charge is 0.462 e. The monoisotopic (exact) mass is 298 g/mol. The van der Waals surface area contributed by atoms with Gasteiger partial charge in [-0.3, -0.25) is 0 Å². The van der Waals surface area contributed by atoms with E-state index in [2.05, 4.69) is 0 Å². The first kappa shape index (κ1) is 14.9. The highest BCUT2D eigenvalue weighted by Gasteiger charge is 2.13. The maximum Gasteiger partial charge on any atom is 0.339 e. The van der Waals surface area contributed by atoms with Crippen molar-refractivity contribution in [3.63, 3.8) is 0 Å². The smallest absolute Gasteiger partial charge is 0.339 e. The minimum absolute atomic E-state index is 0.277. The summed E-state index contributed by atoms with van der Waals surface area (Å²) in [5.74, 6) is -0.478. The molecule has 0 aromatic heterocycles.